The Labute approximate surface area is 114 Å². The lowest BCUT2D eigenvalue weighted by Crippen LogP contribution is -1.96. The third-order valence-electron chi connectivity index (χ3n) is 3.06. The summed E-state index contributed by atoms with van der Waals surface area (Å²) in [7, 11) is 0. The molecule has 0 aliphatic carbocycles. The smallest absolute Gasteiger partial charge is 0.162 e. The highest BCUT2D eigenvalue weighted by molar-refractivity contribution is 5.95. The molecular weight excluding hydrogens is 236 g/mol. The van der Waals surface area contributed by atoms with Crippen LogP contribution in [-0.2, 0) is 0 Å². The fourth-order valence-corrected chi connectivity index (χ4v) is 1.95. The van der Waals surface area contributed by atoms with Gasteiger partial charge in [-0.05, 0) is 49.7 Å². The third kappa shape index (κ3) is 3.22. The van der Waals surface area contributed by atoms with Gasteiger partial charge in [-0.15, -0.1) is 0 Å². The monoisotopic (exact) mass is 254 g/mol. The highest BCUT2D eigenvalue weighted by Gasteiger charge is 2.05. The number of ketones is 1. The van der Waals surface area contributed by atoms with E-state index >= 15 is 0 Å². The average Bonchev–Trinajstić information content (AvgIpc) is 2.42. The number of benzene rings is 2. The summed E-state index contributed by atoms with van der Waals surface area (Å²) in [4.78, 5) is 11.5. The summed E-state index contributed by atoms with van der Waals surface area (Å²) < 4.78 is 5.82. The number of aryl methyl sites for hydroxylation is 2. The van der Waals surface area contributed by atoms with Gasteiger partial charge in [-0.2, -0.15) is 0 Å². The molecular formula is C17H18O2. The van der Waals surface area contributed by atoms with Crippen LogP contribution in [0.4, 0.5) is 0 Å². The maximum absolute atomic E-state index is 11.5. The molecule has 0 fully saturated rings. The van der Waals surface area contributed by atoms with Crippen LogP contribution < -0.4 is 4.74 Å². The zero-order valence-corrected chi connectivity index (χ0v) is 11.6. The molecule has 0 unspecified atom stereocenters. The van der Waals surface area contributed by atoms with Gasteiger partial charge in [0.25, 0.3) is 0 Å². The van der Waals surface area contributed by atoms with Crippen LogP contribution in [0.2, 0.25) is 0 Å². The number of Topliss-reactive ketones (excluding diaryl/α,β-unsaturated/α-hetero) is 1. The van der Waals surface area contributed by atoms with E-state index in [0.717, 1.165) is 22.6 Å². The van der Waals surface area contributed by atoms with Crippen molar-refractivity contribution < 1.29 is 9.53 Å². The first-order chi connectivity index (χ1) is 9.10. The summed E-state index contributed by atoms with van der Waals surface area (Å²) in [6, 6.07) is 13.4. The van der Waals surface area contributed by atoms with Crippen molar-refractivity contribution in [1.82, 2.24) is 0 Å². The van der Waals surface area contributed by atoms with Crippen LogP contribution in [0.1, 0.15) is 34.8 Å². The molecule has 2 rings (SSSR count). The molecule has 0 heterocycles. The molecule has 0 N–H and O–H groups in total. The van der Waals surface area contributed by atoms with E-state index in [1.807, 2.05) is 50.2 Å². The van der Waals surface area contributed by atoms with Crippen LogP contribution in [0, 0.1) is 13.8 Å². The lowest BCUT2D eigenvalue weighted by atomic mass is 10.1. The molecule has 19 heavy (non-hydrogen) atoms. The molecule has 0 amide bonds. The lowest BCUT2D eigenvalue weighted by Gasteiger charge is -2.09. The van der Waals surface area contributed by atoms with Crippen LogP contribution in [0.3, 0.4) is 0 Å². The van der Waals surface area contributed by atoms with Gasteiger partial charge in [0, 0.05) is 12.0 Å². The summed E-state index contributed by atoms with van der Waals surface area (Å²) >= 11 is 0. The predicted molar refractivity (Wildman–Crippen MR) is 77.1 cm³/mol. The van der Waals surface area contributed by atoms with Gasteiger partial charge in [0.15, 0.2) is 5.78 Å². The number of ether oxygens (including phenoxy) is 1. The first-order valence-electron chi connectivity index (χ1n) is 6.48. The average molecular weight is 254 g/mol. The van der Waals surface area contributed by atoms with Gasteiger partial charge >= 0.3 is 0 Å². The zero-order chi connectivity index (χ0) is 13.8. The van der Waals surface area contributed by atoms with E-state index in [4.69, 9.17) is 4.74 Å². The van der Waals surface area contributed by atoms with Crippen molar-refractivity contribution in [2.45, 2.75) is 27.2 Å². The molecule has 2 aromatic rings. The molecule has 0 bridgehead atoms. The normalized spacial score (nSPS) is 10.3. The second-order valence-electron chi connectivity index (χ2n) is 4.67. The number of carbonyl (C=O) groups is 1. The molecule has 0 aromatic heterocycles. The first kappa shape index (κ1) is 13.3. The Kier molecular flexibility index (Phi) is 4.00. The van der Waals surface area contributed by atoms with Crippen molar-refractivity contribution >= 4 is 5.78 Å². The number of hydrogen-bond donors (Lipinski definition) is 0. The molecule has 0 radical (unpaired) electrons. The number of carbonyl (C=O) groups excluding carboxylic acids is 1. The minimum atomic E-state index is 0.151. The van der Waals surface area contributed by atoms with Gasteiger partial charge in [-0.3, -0.25) is 4.79 Å². The zero-order valence-electron chi connectivity index (χ0n) is 11.6. The van der Waals surface area contributed by atoms with Crippen molar-refractivity contribution in [2.75, 3.05) is 0 Å². The molecule has 0 atom stereocenters. The molecule has 0 aliphatic rings. The SMILES string of the molecule is CCC(=O)c1ccc(Oc2ccc(C)cc2C)cc1. The Morgan fingerprint density at radius 2 is 1.74 bits per heavy atom. The summed E-state index contributed by atoms with van der Waals surface area (Å²) in [5.74, 6) is 1.75. The number of rotatable bonds is 4. The first-order valence-corrected chi connectivity index (χ1v) is 6.48. The molecule has 0 saturated heterocycles. The predicted octanol–water partition coefficient (Wildman–Crippen LogP) is 4.69. The van der Waals surface area contributed by atoms with Crippen LogP contribution in [0.15, 0.2) is 42.5 Å². The quantitative estimate of drug-likeness (QED) is 0.740. The van der Waals surface area contributed by atoms with Crippen molar-refractivity contribution in [3.05, 3.63) is 59.2 Å². The van der Waals surface area contributed by atoms with E-state index in [2.05, 4.69) is 13.0 Å². The van der Waals surface area contributed by atoms with Crippen LogP contribution in [-0.4, -0.2) is 5.78 Å². The third-order valence-corrected chi connectivity index (χ3v) is 3.06. The molecule has 98 valence electrons. The summed E-state index contributed by atoms with van der Waals surface area (Å²) in [5, 5.41) is 0. The highest BCUT2D eigenvalue weighted by Crippen LogP contribution is 2.26. The number of hydrogen-bond acceptors (Lipinski definition) is 2. The Hall–Kier alpha value is -2.09. The van der Waals surface area contributed by atoms with Crippen molar-refractivity contribution in [3.63, 3.8) is 0 Å². The summed E-state index contributed by atoms with van der Waals surface area (Å²) in [6.45, 7) is 5.95. The fraction of sp³-hybridized carbons (Fsp3) is 0.235. The van der Waals surface area contributed by atoms with E-state index < -0.39 is 0 Å². The van der Waals surface area contributed by atoms with Crippen LogP contribution >= 0.6 is 0 Å². The molecule has 2 aromatic carbocycles. The minimum absolute atomic E-state index is 0.151. The summed E-state index contributed by atoms with van der Waals surface area (Å²) in [6.07, 6.45) is 0.525. The van der Waals surface area contributed by atoms with E-state index in [9.17, 15) is 4.79 Å². The van der Waals surface area contributed by atoms with Crippen LogP contribution in [0.25, 0.3) is 0 Å². The second-order valence-corrected chi connectivity index (χ2v) is 4.67. The highest BCUT2D eigenvalue weighted by atomic mass is 16.5. The Balaban J connectivity index is 2.17. The van der Waals surface area contributed by atoms with Gasteiger partial charge in [0.1, 0.15) is 11.5 Å². The van der Waals surface area contributed by atoms with E-state index in [0.29, 0.717) is 6.42 Å². The topological polar surface area (TPSA) is 26.3 Å². The van der Waals surface area contributed by atoms with E-state index in [1.54, 1.807) is 0 Å². The Bertz CT molecular complexity index is 583. The Morgan fingerprint density at radius 3 is 2.32 bits per heavy atom. The fourth-order valence-electron chi connectivity index (χ4n) is 1.95. The van der Waals surface area contributed by atoms with Gasteiger partial charge < -0.3 is 4.74 Å². The van der Waals surface area contributed by atoms with Gasteiger partial charge in [-0.25, -0.2) is 0 Å². The maximum Gasteiger partial charge on any atom is 0.162 e. The van der Waals surface area contributed by atoms with E-state index in [-0.39, 0.29) is 5.78 Å². The van der Waals surface area contributed by atoms with Gasteiger partial charge in [-0.1, -0.05) is 24.6 Å². The van der Waals surface area contributed by atoms with Crippen molar-refractivity contribution in [3.8, 4) is 11.5 Å². The maximum atomic E-state index is 11.5. The molecule has 0 aliphatic heterocycles. The molecule has 2 nitrogen and oxygen atoms in total. The minimum Gasteiger partial charge on any atom is -0.457 e. The van der Waals surface area contributed by atoms with E-state index in [1.165, 1.54) is 5.56 Å². The lowest BCUT2D eigenvalue weighted by molar-refractivity contribution is 0.0988. The van der Waals surface area contributed by atoms with Gasteiger partial charge in [0.2, 0.25) is 0 Å². The molecule has 0 saturated carbocycles. The second kappa shape index (κ2) is 5.70. The Morgan fingerprint density at radius 1 is 1.05 bits per heavy atom. The van der Waals surface area contributed by atoms with Crippen LogP contribution in [0.5, 0.6) is 11.5 Å². The molecule has 0 spiro atoms. The van der Waals surface area contributed by atoms with Gasteiger partial charge in [0.05, 0.1) is 0 Å². The summed E-state index contributed by atoms with van der Waals surface area (Å²) in [5.41, 5.74) is 3.05. The largest absolute Gasteiger partial charge is 0.457 e. The van der Waals surface area contributed by atoms with Crippen molar-refractivity contribution in [1.29, 1.82) is 0 Å². The molecule has 2 heteroatoms. The standard InChI is InChI=1S/C17H18O2/c1-4-16(18)14-6-8-15(9-7-14)19-17-10-5-12(2)11-13(17)3/h5-11H,4H2,1-3H3. The van der Waals surface area contributed by atoms with Crippen molar-refractivity contribution in [2.24, 2.45) is 0 Å².